The largest absolute Gasteiger partial charge is 0.388 e. The van der Waals surface area contributed by atoms with Gasteiger partial charge in [-0.25, -0.2) is 9.78 Å². The number of benzene rings is 1. The third-order valence-corrected chi connectivity index (χ3v) is 4.69. The second-order valence-electron chi connectivity index (χ2n) is 6.63. The monoisotopic (exact) mass is 368 g/mol. The first kappa shape index (κ1) is 19.0. The van der Waals surface area contributed by atoms with Crippen molar-refractivity contribution in [3.05, 3.63) is 59.8 Å². The van der Waals surface area contributed by atoms with Crippen molar-refractivity contribution in [1.29, 1.82) is 0 Å². The van der Waals surface area contributed by atoms with Crippen LogP contribution in [0.4, 0.5) is 10.6 Å². The van der Waals surface area contributed by atoms with Crippen LogP contribution >= 0.6 is 0 Å². The van der Waals surface area contributed by atoms with Crippen molar-refractivity contribution in [3.8, 4) is 0 Å². The number of rotatable bonds is 5. The average Bonchev–Trinajstić information content (AvgIpc) is 2.72. The van der Waals surface area contributed by atoms with E-state index < -0.39 is 6.61 Å². The number of aromatic nitrogens is 1. The van der Waals surface area contributed by atoms with Crippen LogP contribution < -0.4 is 4.90 Å². The van der Waals surface area contributed by atoms with Crippen LogP contribution in [0.25, 0.3) is 0 Å². The zero-order chi connectivity index (χ0) is 19.2. The molecule has 7 heteroatoms. The van der Waals surface area contributed by atoms with Crippen molar-refractivity contribution in [2.75, 3.05) is 44.7 Å². The van der Waals surface area contributed by atoms with Crippen LogP contribution in [0.1, 0.15) is 15.9 Å². The number of anilines is 1. The standard InChI is InChI=1S/C20H24N4O3/c1-22-10-12-23(13-11-22)20(27)24(19-4-2-3-9-21-19)14-16-5-7-17(8-6-16)18(26)15-25/h2-9,25H,10-15H2,1H3. The molecule has 1 aromatic carbocycles. The number of urea groups is 1. The van der Waals surface area contributed by atoms with Gasteiger partial charge in [0.05, 0.1) is 6.54 Å². The molecule has 1 N–H and O–H groups in total. The first-order valence-corrected chi connectivity index (χ1v) is 8.97. The molecule has 27 heavy (non-hydrogen) atoms. The van der Waals surface area contributed by atoms with Gasteiger partial charge in [0, 0.05) is 37.9 Å². The van der Waals surface area contributed by atoms with Gasteiger partial charge in [-0.1, -0.05) is 30.3 Å². The molecule has 3 rings (SSSR count). The lowest BCUT2D eigenvalue weighted by Gasteiger charge is -2.35. The number of carbonyl (C=O) groups excluding carboxylic acids is 2. The first-order chi connectivity index (χ1) is 13.1. The number of hydrogen-bond donors (Lipinski definition) is 1. The van der Waals surface area contributed by atoms with Crippen molar-refractivity contribution in [2.24, 2.45) is 0 Å². The highest BCUT2D eigenvalue weighted by Gasteiger charge is 2.26. The lowest BCUT2D eigenvalue weighted by molar-refractivity contribution is 0.0903. The van der Waals surface area contributed by atoms with E-state index in [0.29, 0.717) is 31.0 Å². The summed E-state index contributed by atoms with van der Waals surface area (Å²) in [5.41, 5.74) is 1.34. The van der Waals surface area contributed by atoms with Gasteiger partial charge in [0.25, 0.3) is 0 Å². The normalized spacial score (nSPS) is 14.8. The van der Waals surface area contributed by atoms with Crippen molar-refractivity contribution >= 4 is 17.6 Å². The van der Waals surface area contributed by atoms with Gasteiger partial charge in [-0.2, -0.15) is 0 Å². The lowest BCUT2D eigenvalue weighted by Crippen LogP contribution is -2.52. The Morgan fingerprint density at radius 3 is 2.37 bits per heavy atom. The first-order valence-electron chi connectivity index (χ1n) is 8.97. The fraction of sp³-hybridized carbons (Fsp3) is 0.350. The molecule has 1 aromatic heterocycles. The van der Waals surface area contributed by atoms with Gasteiger partial charge < -0.3 is 14.9 Å². The fourth-order valence-corrected chi connectivity index (χ4v) is 3.00. The molecule has 1 aliphatic rings. The van der Waals surface area contributed by atoms with E-state index in [2.05, 4.69) is 9.88 Å². The minimum absolute atomic E-state index is 0.0719. The number of Topliss-reactive ketones (excluding diaryl/α,β-unsaturated/α-hetero) is 1. The molecule has 0 unspecified atom stereocenters. The third-order valence-electron chi connectivity index (χ3n) is 4.69. The van der Waals surface area contributed by atoms with Crippen molar-refractivity contribution < 1.29 is 14.7 Å². The molecule has 0 saturated carbocycles. The molecular weight excluding hydrogens is 344 g/mol. The van der Waals surface area contributed by atoms with Crippen molar-refractivity contribution in [3.63, 3.8) is 0 Å². The maximum atomic E-state index is 13.1. The van der Waals surface area contributed by atoms with Crippen LogP contribution in [0, 0.1) is 0 Å². The van der Waals surface area contributed by atoms with E-state index in [1.807, 2.05) is 30.1 Å². The van der Waals surface area contributed by atoms with Crippen LogP contribution in [-0.4, -0.2) is 71.5 Å². The zero-order valence-corrected chi connectivity index (χ0v) is 15.4. The Kier molecular flexibility index (Phi) is 6.16. The van der Waals surface area contributed by atoms with Gasteiger partial charge >= 0.3 is 6.03 Å². The highest BCUT2D eigenvalue weighted by Crippen LogP contribution is 2.18. The van der Waals surface area contributed by atoms with E-state index >= 15 is 0 Å². The Morgan fingerprint density at radius 1 is 1.07 bits per heavy atom. The quantitative estimate of drug-likeness (QED) is 0.812. The van der Waals surface area contributed by atoms with Gasteiger partial charge in [0.15, 0.2) is 5.78 Å². The summed E-state index contributed by atoms with van der Waals surface area (Å²) in [5, 5.41) is 8.97. The Hall–Kier alpha value is -2.77. The Morgan fingerprint density at radius 2 is 1.78 bits per heavy atom. The summed E-state index contributed by atoms with van der Waals surface area (Å²) in [6, 6.07) is 12.4. The van der Waals surface area contributed by atoms with E-state index in [4.69, 9.17) is 5.11 Å². The van der Waals surface area contributed by atoms with Crippen molar-refractivity contribution in [1.82, 2.24) is 14.8 Å². The Balaban J connectivity index is 1.80. The van der Waals surface area contributed by atoms with E-state index in [9.17, 15) is 9.59 Å². The number of ketones is 1. The number of carbonyl (C=O) groups is 2. The maximum Gasteiger partial charge on any atom is 0.326 e. The molecule has 1 fully saturated rings. The topological polar surface area (TPSA) is 77.0 Å². The van der Waals surface area contributed by atoms with Crippen LogP contribution in [-0.2, 0) is 6.54 Å². The molecule has 0 aliphatic carbocycles. The average molecular weight is 368 g/mol. The lowest BCUT2D eigenvalue weighted by atomic mass is 10.1. The molecule has 7 nitrogen and oxygen atoms in total. The molecule has 1 saturated heterocycles. The summed E-state index contributed by atoms with van der Waals surface area (Å²) < 4.78 is 0. The molecule has 0 radical (unpaired) electrons. The number of aliphatic hydroxyl groups excluding tert-OH is 1. The summed E-state index contributed by atoms with van der Waals surface area (Å²) in [6.07, 6.45) is 1.67. The van der Waals surface area contributed by atoms with E-state index in [-0.39, 0.29) is 11.8 Å². The van der Waals surface area contributed by atoms with Crippen LogP contribution in [0.15, 0.2) is 48.7 Å². The molecule has 0 atom stereocenters. The summed E-state index contributed by atoms with van der Waals surface area (Å²) in [6.45, 7) is 2.90. The molecule has 2 aromatic rings. The van der Waals surface area contributed by atoms with E-state index in [1.165, 1.54) is 0 Å². The van der Waals surface area contributed by atoms with Gasteiger partial charge in [0.1, 0.15) is 12.4 Å². The molecule has 2 heterocycles. The van der Waals surface area contributed by atoms with Crippen LogP contribution in [0.2, 0.25) is 0 Å². The van der Waals surface area contributed by atoms with Gasteiger partial charge in [-0.05, 0) is 24.7 Å². The second-order valence-corrected chi connectivity index (χ2v) is 6.63. The zero-order valence-electron chi connectivity index (χ0n) is 15.4. The van der Waals surface area contributed by atoms with Crippen molar-refractivity contribution in [2.45, 2.75) is 6.54 Å². The SMILES string of the molecule is CN1CCN(C(=O)N(Cc2ccc(C(=O)CO)cc2)c2ccccn2)CC1. The summed E-state index contributed by atoms with van der Waals surface area (Å²) in [4.78, 5) is 34.8. The molecule has 2 amide bonds. The summed E-state index contributed by atoms with van der Waals surface area (Å²) >= 11 is 0. The number of amides is 2. The highest BCUT2D eigenvalue weighted by atomic mass is 16.3. The molecule has 1 aliphatic heterocycles. The van der Waals surface area contributed by atoms with Gasteiger partial charge in [0.2, 0.25) is 0 Å². The number of likely N-dealkylation sites (N-methyl/N-ethyl adjacent to an activating group) is 1. The number of piperazine rings is 1. The number of nitrogens with zero attached hydrogens (tertiary/aromatic N) is 4. The summed E-state index contributed by atoms with van der Waals surface area (Å²) in [7, 11) is 2.05. The maximum absolute atomic E-state index is 13.1. The molecule has 0 spiro atoms. The second kappa shape index (κ2) is 8.75. The number of pyridine rings is 1. The van der Waals surface area contributed by atoms with E-state index in [0.717, 1.165) is 18.7 Å². The fourth-order valence-electron chi connectivity index (χ4n) is 3.00. The van der Waals surface area contributed by atoms with Gasteiger partial charge in [-0.3, -0.25) is 9.69 Å². The Labute approximate surface area is 158 Å². The predicted molar refractivity (Wildman–Crippen MR) is 103 cm³/mol. The smallest absolute Gasteiger partial charge is 0.326 e. The number of hydrogen-bond acceptors (Lipinski definition) is 5. The predicted octanol–water partition coefficient (Wildman–Crippen LogP) is 1.63. The summed E-state index contributed by atoms with van der Waals surface area (Å²) in [5.74, 6) is 0.272. The molecular formula is C20H24N4O3. The number of aliphatic hydroxyl groups is 1. The third kappa shape index (κ3) is 4.69. The van der Waals surface area contributed by atoms with Crippen LogP contribution in [0.5, 0.6) is 0 Å². The minimum Gasteiger partial charge on any atom is -0.388 e. The van der Waals surface area contributed by atoms with Gasteiger partial charge in [-0.15, -0.1) is 0 Å². The molecule has 142 valence electrons. The minimum atomic E-state index is -0.513. The van der Waals surface area contributed by atoms with Crippen LogP contribution in [0.3, 0.4) is 0 Å². The highest BCUT2D eigenvalue weighted by molar-refractivity contribution is 5.97. The Bertz CT molecular complexity index is 772. The molecule has 0 bridgehead atoms. The van der Waals surface area contributed by atoms with E-state index in [1.54, 1.807) is 35.4 Å².